The van der Waals surface area contributed by atoms with Crippen LogP contribution in [-0.2, 0) is 4.84 Å². The van der Waals surface area contributed by atoms with E-state index in [9.17, 15) is 9.18 Å². The second kappa shape index (κ2) is 6.42. The van der Waals surface area contributed by atoms with Gasteiger partial charge in [-0.05, 0) is 18.6 Å². The maximum atomic E-state index is 13.3. The molecular weight excluding hydrogens is 235 g/mol. The van der Waals surface area contributed by atoms with E-state index >= 15 is 0 Å². The lowest BCUT2D eigenvalue weighted by Crippen LogP contribution is -2.26. The van der Waals surface area contributed by atoms with Crippen LogP contribution in [0.25, 0.3) is 0 Å². The van der Waals surface area contributed by atoms with Crippen LogP contribution < -0.4 is 11.2 Å². The van der Waals surface area contributed by atoms with Crippen molar-refractivity contribution >= 4 is 17.5 Å². The number of halogens is 2. The van der Waals surface area contributed by atoms with Crippen molar-refractivity contribution in [2.24, 2.45) is 5.90 Å². The van der Waals surface area contributed by atoms with E-state index < -0.39 is 11.7 Å². The number of rotatable bonds is 5. The third-order valence-electron chi connectivity index (χ3n) is 1.91. The van der Waals surface area contributed by atoms with Crippen LogP contribution in [0.15, 0.2) is 18.2 Å². The van der Waals surface area contributed by atoms with Crippen LogP contribution in [0.2, 0.25) is 5.02 Å². The van der Waals surface area contributed by atoms with Crippen molar-refractivity contribution in [2.45, 2.75) is 6.42 Å². The van der Waals surface area contributed by atoms with E-state index in [4.69, 9.17) is 17.5 Å². The van der Waals surface area contributed by atoms with Crippen LogP contribution >= 0.6 is 11.6 Å². The Balaban J connectivity index is 2.59. The van der Waals surface area contributed by atoms with Gasteiger partial charge in [-0.25, -0.2) is 10.3 Å². The number of hydrogen-bond donors (Lipinski definition) is 2. The molecule has 0 aliphatic rings. The van der Waals surface area contributed by atoms with Gasteiger partial charge >= 0.3 is 0 Å². The van der Waals surface area contributed by atoms with Crippen LogP contribution in [0.5, 0.6) is 0 Å². The first-order chi connectivity index (χ1) is 7.66. The third kappa shape index (κ3) is 3.44. The summed E-state index contributed by atoms with van der Waals surface area (Å²) in [5.74, 6) is 3.63. The molecule has 0 aromatic heterocycles. The Morgan fingerprint density at radius 1 is 1.56 bits per heavy atom. The first-order valence-electron chi connectivity index (χ1n) is 4.70. The molecule has 0 spiro atoms. The number of benzene rings is 1. The molecule has 0 aliphatic heterocycles. The molecule has 0 atom stereocenters. The Labute approximate surface area is 97.5 Å². The summed E-state index contributed by atoms with van der Waals surface area (Å²) in [6.07, 6.45) is 0.550. The highest BCUT2D eigenvalue weighted by molar-refractivity contribution is 6.33. The minimum atomic E-state index is -0.639. The highest BCUT2D eigenvalue weighted by atomic mass is 35.5. The summed E-state index contributed by atoms with van der Waals surface area (Å²) in [5.41, 5.74) is -0.141. The lowest BCUT2D eigenvalue weighted by molar-refractivity contribution is 0.0937. The van der Waals surface area contributed by atoms with Gasteiger partial charge in [0.1, 0.15) is 5.82 Å². The number of hydrogen-bond acceptors (Lipinski definition) is 3. The molecule has 0 unspecified atom stereocenters. The minimum absolute atomic E-state index is 0.0903. The van der Waals surface area contributed by atoms with Gasteiger partial charge in [-0.15, -0.1) is 0 Å². The second-order valence-electron chi connectivity index (χ2n) is 3.08. The van der Waals surface area contributed by atoms with E-state index in [-0.39, 0.29) is 10.6 Å². The Morgan fingerprint density at radius 3 is 2.94 bits per heavy atom. The molecule has 1 amide bonds. The summed E-state index contributed by atoms with van der Waals surface area (Å²) in [6, 6.07) is 4.09. The molecule has 0 radical (unpaired) electrons. The number of carbonyl (C=O) groups excluding carboxylic acids is 1. The van der Waals surface area contributed by atoms with Gasteiger partial charge in [0.05, 0.1) is 17.2 Å². The molecule has 0 bridgehead atoms. The fourth-order valence-electron chi connectivity index (χ4n) is 1.16. The van der Waals surface area contributed by atoms with Crippen LogP contribution in [0, 0.1) is 5.82 Å². The quantitative estimate of drug-likeness (QED) is 0.611. The largest absolute Gasteiger partial charge is 0.352 e. The molecule has 1 aromatic rings. The van der Waals surface area contributed by atoms with Gasteiger partial charge in [-0.1, -0.05) is 17.7 Å². The predicted molar refractivity (Wildman–Crippen MR) is 58.5 cm³/mol. The van der Waals surface area contributed by atoms with Gasteiger partial charge in [0, 0.05) is 6.54 Å². The van der Waals surface area contributed by atoms with Crippen molar-refractivity contribution in [1.82, 2.24) is 5.32 Å². The summed E-state index contributed by atoms with van der Waals surface area (Å²) in [6.45, 7) is 0.673. The monoisotopic (exact) mass is 246 g/mol. The number of nitrogens with one attached hydrogen (secondary N) is 1. The Morgan fingerprint density at radius 2 is 2.31 bits per heavy atom. The molecule has 0 aliphatic carbocycles. The van der Waals surface area contributed by atoms with Crippen molar-refractivity contribution < 1.29 is 14.0 Å². The molecule has 88 valence electrons. The summed E-state index contributed by atoms with van der Waals surface area (Å²) < 4.78 is 13.3. The standard InChI is InChI=1S/C10H12ClFN2O2/c11-7-3-1-4-8(12)9(7)10(15)14-5-2-6-16-13/h1,3-4H,2,5-6,13H2,(H,14,15). The second-order valence-corrected chi connectivity index (χ2v) is 3.48. The molecule has 16 heavy (non-hydrogen) atoms. The number of nitrogens with two attached hydrogens (primary N) is 1. The molecule has 1 rings (SSSR count). The van der Waals surface area contributed by atoms with Gasteiger partial charge in [-0.2, -0.15) is 0 Å². The average Bonchev–Trinajstić information content (AvgIpc) is 2.24. The molecule has 0 saturated carbocycles. The third-order valence-corrected chi connectivity index (χ3v) is 2.23. The topological polar surface area (TPSA) is 64.3 Å². The Hall–Kier alpha value is -1.17. The molecule has 6 heteroatoms. The zero-order valence-electron chi connectivity index (χ0n) is 8.50. The molecule has 0 fully saturated rings. The van der Waals surface area contributed by atoms with Crippen molar-refractivity contribution in [3.8, 4) is 0 Å². The van der Waals surface area contributed by atoms with E-state index in [1.54, 1.807) is 0 Å². The number of carbonyl (C=O) groups is 1. The average molecular weight is 247 g/mol. The van der Waals surface area contributed by atoms with E-state index in [0.29, 0.717) is 19.6 Å². The molecule has 0 heterocycles. The van der Waals surface area contributed by atoms with Gasteiger partial charge < -0.3 is 10.2 Å². The molecule has 4 nitrogen and oxygen atoms in total. The van der Waals surface area contributed by atoms with Crippen LogP contribution in [-0.4, -0.2) is 19.1 Å². The first-order valence-corrected chi connectivity index (χ1v) is 5.08. The van der Waals surface area contributed by atoms with Crippen molar-refractivity contribution in [3.05, 3.63) is 34.6 Å². The van der Waals surface area contributed by atoms with Gasteiger partial charge in [-0.3, -0.25) is 4.79 Å². The van der Waals surface area contributed by atoms with Gasteiger partial charge in [0.25, 0.3) is 5.91 Å². The minimum Gasteiger partial charge on any atom is -0.352 e. The van der Waals surface area contributed by atoms with Crippen LogP contribution in [0.3, 0.4) is 0 Å². The van der Waals surface area contributed by atoms with E-state index in [0.717, 1.165) is 0 Å². The summed E-state index contributed by atoms with van der Waals surface area (Å²) in [7, 11) is 0. The summed E-state index contributed by atoms with van der Waals surface area (Å²) in [5, 5.41) is 2.61. The maximum Gasteiger partial charge on any atom is 0.255 e. The van der Waals surface area contributed by atoms with Crippen molar-refractivity contribution in [1.29, 1.82) is 0 Å². The number of amides is 1. The van der Waals surface area contributed by atoms with E-state index in [2.05, 4.69) is 10.2 Å². The SMILES string of the molecule is NOCCCNC(=O)c1c(F)cccc1Cl. The van der Waals surface area contributed by atoms with Gasteiger partial charge in [0.15, 0.2) is 0 Å². The zero-order valence-corrected chi connectivity index (χ0v) is 9.26. The predicted octanol–water partition coefficient (Wildman–Crippen LogP) is 1.49. The van der Waals surface area contributed by atoms with Crippen LogP contribution in [0.1, 0.15) is 16.8 Å². The molecule has 1 aromatic carbocycles. The summed E-state index contributed by atoms with van der Waals surface area (Å²) in [4.78, 5) is 15.9. The zero-order chi connectivity index (χ0) is 12.0. The lowest BCUT2D eigenvalue weighted by atomic mass is 10.2. The summed E-state index contributed by atoms with van der Waals surface area (Å²) >= 11 is 5.72. The first kappa shape index (κ1) is 12.9. The fourth-order valence-corrected chi connectivity index (χ4v) is 1.41. The molecular formula is C10H12ClFN2O2. The van der Waals surface area contributed by atoms with Crippen molar-refractivity contribution in [2.75, 3.05) is 13.2 Å². The normalized spacial score (nSPS) is 10.2. The van der Waals surface area contributed by atoms with Crippen molar-refractivity contribution in [3.63, 3.8) is 0 Å². The Bertz CT molecular complexity index is 354. The van der Waals surface area contributed by atoms with E-state index in [1.807, 2.05) is 0 Å². The lowest BCUT2D eigenvalue weighted by Gasteiger charge is -2.06. The molecule has 0 saturated heterocycles. The van der Waals surface area contributed by atoms with Crippen LogP contribution in [0.4, 0.5) is 4.39 Å². The highest BCUT2D eigenvalue weighted by Crippen LogP contribution is 2.18. The Kier molecular flexibility index (Phi) is 5.18. The molecule has 3 N–H and O–H groups in total. The fraction of sp³-hybridized carbons (Fsp3) is 0.300. The maximum absolute atomic E-state index is 13.3. The van der Waals surface area contributed by atoms with E-state index in [1.165, 1.54) is 18.2 Å². The smallest absolute Gasteiger partial charge is 0.255 e. The van der Waals surface area contributed by atoms with Gasteiger partial charge in [0.2, 0.25) is 0 Å². The highest BCUT2D eigenvalue weighted by Gasteiger charge is 2.14.